The van der Waals surface area contributed by atoms with Crippen molar-refractivity contribution in [2.24, 2.45) is 5.41 Å². The van der Waals surface area contributed by atoms with E-state index in [1.807, 2.05) is 45.0 Å². The molecule has 0 aromatic heterocycles. The third-order valence-corrected chi connectivity index (χ3v) is 6.23. The summed E-state index contributed by atoms with van der Waals surface area (Å²) in [5.74, 6) is 0.842. The molecule has 0 aliphatic carbocycles. The molecule has 1 fully saturated rings. The Labute approximate surface area is 192 Å². The van der Waals surface area contributed by atoms with Crippen molar-refractivity contribution >= 4 is 12.0 Å². The number of carbonyl (C=O) groups excluding carboxylic acids is 2. The second-order valence-electron chi connectivity index (χ2n) is 10.1. The van der Waals surface area contributed by atoms with Gasteiger partial charge in [0.2, 0.25) is 5.91 Å². The standard InChI is InChI=1S/C25H39N3O4/c1-24(2,3)32-23(30)28-14-10-25(11-15-28)9-5-12-26-13-6-16-31-21-8-4-7-20(17-21)18-22(29)27-19-25/h4,7-8,17,26H,5-6,9-16,18-19H2,1-3H3,(H,27,29). The molecule has 2 amide bonds. The molecule has 2 aliphatic heterocycles. The Morgan fingerprint density at radius 1 is 1.12 bits per heavy atom. The second-order valence-corrected chi connectivity index (χ2v) is 10.1. The van der Waals surface area contributed by atoms with E-state index in [1.54, 1.807) is 4.90 Å². The van der Waals surface area contributed by atoms with Crippen LogP contribution in [0.4, 0.5) is 4.79 Å². The van der Waals surface area contributed by atoms with Gasteiger partial charge in [-0.3, -0.25) is 4.79 Å². The number of fused-ring (bicyclic) bond motifs is 2. The van der Waals surface area contributed by atoms with Crippen molar-refractivity contribution in [1.29, 1.82) is 0 Å². The van der Waals surface area contributed by atoms with Gasteiger partial charge in [-0.2, -0.15) is 0 Å². The summed E-state index contributed by atoms with van der Waals surface area (Å²) in [7, 11) is 0. The first kappa shape index (κ1) is 24.4. The topological polar surface area (TPSA) is 79.9 Å². The van der Waals surface area contributed by atoms with Crippen molar-refractivity contribution in [3.8, 4) is 5.75 Å². The van der Waals surface area contributed by atoms with Crippen LogP contribution >= 0.6 is 0 Å². The van der Waals surface area contributed by atoms with Gasteiger partial charge >= 0.3 is 6.09 Å². The van der Waals surface area contributed by atoms with E-state index in [0.29, 0.717) is 32.7 Å². The van der Waals surface area contributed by atoms with Gasteiger partial charge in [-0.15, -0.1) is 0 Å². The zero-order chi connectivity index (χ0) is 23.0. The zero-order valence-corrected chi connectivity index (χ0v) is 19.9. The Balaban J connectivity index is 1.63. The Morgan fingerprint density at radius 2 is 1.88 bits per heavy atom. The van der Waals surface area contributed by atoms with Gasteiger partial charge in [0.05, 0.1) is 13.0 Å². The number of nitrogens with one attached hydrogen (secondary N) is 2. The number of rotatable bonds is 0. The van der Waals surface area contributed by atoms with Crippen LogP contribution in [0.3, 0.4) is 0 Å². The second kappa shape index (κ2) is 11.0. The molecule has 2 bridgehead atoms. The van der Waals surface area contributed by atoms with E-state index < -0.39 is 5.60 Å². The molecule has 7 nitrogen and oxygen atoms in total. The largest absolute Gasteiger partial charge is 0.494 e. The molecule has 2 aliphatic rings. The van der Waals surface area contributed by atoms with Crippen LogP contribution in [0.25, 0.3) is 0 Å². The lowest BCUT2D eigenvalue weighted by atomic mass is 9.74. The molecule has 1 saturated heterocycles. The van der Waals surface area contributed by atoms with Crippen LogP contribution in [0.1, 0.15) is 58.4 Å². The number of piperidine rings is 1. The maximum absolute atomic E-state index is 12.7. The predicted molar refractivity (Wildman–Crippen MR) is 125 cm³/mol. The minimum Gasteiger partial charge on any atom is -0.494 e. The number of ether oxygens (including phenoxy) is 2. The van der Waals surface area contributed by atoms with Crippen molar-refractivity contribution in [2.45, 2.75) is 64.9 Å². The van der Waals surface area contributed by atoms with E-state index >= 15 is 0 Å². The van der Waals surface area contributed by atoms with Gasteiger partial charge in [0, 0.05) is 19.6 Å². The van der Waals surface area contributed by atoms with Crippen LogP contribution in [0.2, 0.25) is 0 Å². The Hall–Kier alpha value is -2.28. The van der Waals surface area contributed by atoms with Gasteiger partial charge in [0.25, 0.3) is 0 Å². The number of hydrogen-bond donors (Lipinski definition) is 2. The minimum absolute atomic E-state index is 0.0118. The van der Waals surface area contributed by atoms with Crippen molar-refractivity contribution in [3.05, 3.63) is 29.8 Å². The van der Waals surface area contributed by atoms with Gasteiger partial charge in [-0.1, -0.05) is 12.1 Å². The molecular weight excluding hydrogens is 406 g/mol. The lowest BCUT2D eigenvalue weighted by Gasteiger charge is -2.42. The number of hydrogen-bond acceptors (Lipinski definition) is 5. The fourth-order valence-electron chi connectivity index (χ4n) is 4.39. The first-order valence-corrected chi connectivity index (χ1v) is 11.9. The Bertz CT molecular complexity index is 767. The van der Waals surface area contributed by atoms with Crippen molar-refractivity contribution in [3.63, 3.8) is 0 Å². The molecule has 1 aromatic carbocycles. The van der Waals surface area contributed by atoms with E-state index in [4.69, 9.17) is 9.47 Å². The molecule has 32 heavy (non-hydrogen) atoms. The van der Waals surface area contributed by atoms with Gasteiger partial charge in [-0.05, 0) is 89.1 Å². The minimum atomic E-state index is -0.490. The molecular formula is C25H39N3O4. The van der Waals surface area contributed by atoms with Gasteiger partial charge < -0.3 is 25.0 Å². The summed E-state index contributed by atoms with van der Waals surface area (Å²) in [6.45, 7) is 10.2. The summed E-state index contributed by atoms with van der Waals surface area (Å²) >= 11 is 0. The smallest absolute Gasteiger partial charge is 0.410 e. The molecule has 0 radical (unpaired) electrons. The SMILES string of the molecule is CC(C)(C)OC(=O)N1CCC2(CCCNCCCOc3cccc(c3)CC(=O)NC2)CC1. The fourth-order valence-corrected chi connectivity index (χ4v) is 4.39. The van der Waals surface area contributed by atoms with Crippen LogP contribution in [-0.4, -0.2) is 61.8 Å². The molecule has 2 N–H and O–H groups in total. The average molecular weight is 446 g/mol. The summed E-state index contributed by atoms with van der Waals surface area (Å²) in [5.41, 5.74) is 0.479. The maximum atomic E-state index is 12.7. The summed E-state index contributed by atoms with van der Waals surface area (Å²) in [6.07, 6.45) is 4.86. The van der Waals surface area contributed by atoms with Crippen LogP contribution in [-0.2, 0) is 16.0 Å². The molecule has 2 heterocycles. The van der Waals surface area contributed by atoms with E-state index in [0.717, 1.165) is 56.5 Å². The number of nitrogens with zero attached hydrogens (tertiary/aromatic N) is 1. The maximum Gasteiger partial charge on any atom is 0.410 e. The van der Waals surface area contributed by atoms with Crippen LogP contribution in [0.15, 0.2) is 24.3 Å². The highest BCUT2D eigenvalue weighted by molar-refractivity contribution is 5.78. The first-order valence-electron chi connectivity index (χ1n) is 11.9. The molecule has 0 atom stereocenters. The molecule has 7 heteroatoms. The highest BCUT2D eigenvalue weighted by Gasteiger charge is 2.37. The van der Waals surface area contributed by atoms with E-state index in [2.05, 4.69) is 10.6 Å². The van der Waals surface area contributed by atoms with E-state index in [1.165, 1.54) is 0 Å². The van der Waals surface area contributed by atoms with Crippen LogP contribution < -0.4 is 15.4 Å². The summed E-state index contributed by atoms with van der Waals surface area (Å²) in [4.78, 5) is 27.0. The van der Waals surface area contributed by atoms with Gasteiger partial charge in [-0.25, -0.2) is 4.79 Å². The third-order valence-electron chi connectivity index (χ3n) is 6.23. The van der Waals surface area contributed by atoms with Gasteiger partial charge in [0.1, 0.15) is 11.4 Å². The van der Waals surface area contributed by atoms with Crippen molar-refractivity contribution < 1.29 is 19.1 Å². The molecule has 0 saturated carbocycles. The fraction of sp³-hybridized carbons (Fsp3) is 0.680. The highest BCUT2D eigenvalue weighted by Crippen LogP contribution is 2.36. The predicted octanol–water partition coefficient (Wildman–Crippen LogP) is 3.51. The highest BCUT2D eigenvalue weighted by atomic mass is 16.6. The monoisotopic (exact) mass is 445 g/mol. The van der Waals surface area contributed by atoms with E-state index in [-0.39, 0.29) is 17.4 Å². The van der Waals surface area contributed by atoms with Crippen molar-refractivity contribution in [2.75, 3.05) is 39.3 Å². The molecule has 1 aromatic rings. The number of likely N-dealkylation sites (tertiary alicyclic amines) is 1. The summed E-state index contributed by atoms with van der Waals surface area (Å²) < 4.78 is 11.4. The molecule has 0 unspecified atom stereocenters. The summed E-state index contributed by atoms with van der Waals surface area (Å²) in [5, 5.41) is 6.69. The average Bonchev–Trinajstić information content (AvgIpc) is 2.73. The molecule has 178 valence electrons. The Kier molecular flexibility index (Phi) is 8.40. The number of amides is 2. The third kappa shape index (κ3) is 7.69. The normalized spacial score (nSPS) is 20.8. The van der Waals surface area contributed by atoms with E-state index in [9.17, 15) is 9.59 Å². The lowest BCUT2D eigenvalue weighted by molar-refractivity contribution is -0.121. The van der Waals surface area contributed by atoms with Crippen molar-refractivity contribution in [1.82, 2.24) is 15.5 Å². The zero-order valence-electron chi connectivity index (χ0n) is 19.9. The molecule has 3 rings (SSSR count). The first-order chi connectivity index (χ1) is 15.2. The quantitative estimate of drug-likeness (QED) is 0.639. The lowest BCUT2D eigenvalue weighted by Crippen LogP contribution is -2.49. The number of carbonyl (C=O) groups is 2. The number of benzene rings is 1. The van der Waals surface area contributed by atoms with Crippen LogP contribution in [0.5, 0.6) is 5.75 Å². The van der Waals surface area contributed by atoms with Gasteiger partial charge in [0.15, 0.2) is 0 Å². The summed E-state index contributed by atoms with van der Waals surface area (Å²) in [6, 6.07) is 7.79. The van der Waals surface area contributed by atoms with Crippen LogP contribution in [0, 0.1) is 5.41 Å². The molecule has 1 spiro atoms. The Morgan fingerprint density at radius 3 is 2.62 bits per heavy atom.